The summed E-state index contributed by atoms with van der Waals surface area (Å²) in [5.74, 6) is 0. The molecule has 0 atom stereocenters. The Balaban J connectivity index is 4.03. The lowest BCUT2D eigenvalue weighted by Gasteiger charge is -1.96. The SMILES string of the molecule is CC\C=C(/C=C\C=C\S)CCC. The van der Waals surface area contributed by atoms with Crippen LogP contribution < -0.4 is 0 Å². The van der Waals surface area contributed by atoms with Gasteiger partial charge in [-0.3, -0.25) is 0 Å². The smallest absolute Gasteiger partial charge is 0.0285 e. The maximum Gasteiger partial charge on any atom is -0.0285 e. The highest BCUT2D eigenvalue weighted by Crippen LogP contribution is 2.07. The maximum absolute atomic E-state index is 3.98. The molecule has 0 aliphatic rings. The number of hydrogen-bond acceptors (Lipinski definition) is 1. The highest BCUT2D eigenvalue weighted by Gasteiger charge is 1.87. The third-order valence-electron chi connectivity index (χ3n) is 1.51. The van der Waals surface area contributed by atoms with E-state index in [1.807, 2.05) is 12.2 Å². The second kappa shape index (κ2) is 8.66. The summed E-state index contributed by atoms with van der Waals surface area (Å²) in [6.45, 7) is 4.36. The van der Waals surface area contributed by atoms with Crippen molar-refractivity contribution in [3.63, 3.8) is 0 Å². The standard InChI is InChI=1S/C11H18S/c1-3-7-11(8-4-2)9-5-6-10-12/h5-7,9-10,12H,3-4,8H2,1-2H3/b9-5-,10-6+,11-7-. The number of hydrogen-bond donors (Lipinski definition) is 1. The number of rotatable bonds is 5. The Bertz CT molecular complexity index is 175. The first-order valence-corrected chi connectivity index (χ1v) is 5.03. The van der Waals surface area contributed by atoms with Gasteiger partial charge in [0, 0.05) is 0 Å². The Kier molecular flexibility index (Phi) is 8.35. The van der Waals surface area contributed by atoms with Crippen molar-refractivity contribution >= 4 is 12.6 Å². The van der Waals surface area contributed by atoms with Crippen LogP contribution in [0.1, 0.15) is 33.1 Å². The Morgan fingerprint density at radius 1 is 1.25 bits per heavy atom. The molecular formula is C11H18S. The molecule has 0 aliphatic heterocycles. The summed E-state index contributed by atoms with van der Waals surface area (Å²) in [7, 11) is 0. The Morgan fingerprint density at radius 2 is 2.00 bits per heavy atom. The predicted molar refractivity (Wildman–Crippen MR) is 60.5 cm³/mol. The highest BCUT2D eigenvalue weighted by molar-refractivity contribution is 7.83. The van der Waals surface area contributed by atoms with Crippen LogP contribution in [0.25, 0.3) is 0 Å². The summed E-state index contributed by atoms with van der Waals surface area (Å²) < 4.78 is 0. The molecule has 0 amide bonds. The van der Waals surface area contributed by atoms with Crippen LogP contribution in [0.5, 0.6) is 0 Å². The molecule has 0 saturated heterocycles. The molecule has 0 aromatic rings. The first-order chi connectivity index (χ1) is 5.85. The molecule has 1 heteroatoms. The zero-order valence-electron chi connectivity index (χ0n) is 7.96. The fourth-order valence-corrected chi connectivity index (χ4v) is 1.13. The van der Waals surface area contributed by atoms with Crippen molar-refractivity contribution in [3.8, 4) is 0 Å². The molecule has 0 radical (unpaired) electrons. The van der Waals surface area contributed by atoms with Crippen molar-refractivity contribution in [2.24, 2.45) is 0 Å². The van der Waals surface area contributed by atoms with E-state index in [9.17, 15) is 0 Å². The van der Waals surface area contributed by atoms with Crippen LogP contribution in [0.4, 0.5) is 0 Å². The van der Waals surface area contributed by atoms with Crippen LogP contribution in [-0.2, 0) is 0 Å². The van der Waals surface area contributed by atoms with E-state index in [-0.39, 0.29) is 0 Å². The molecular weight excluding hydrogens is 164 g/mol. The van der Waals surface area contributed by atoms with Gasteiger partial charge in [-0.15, -0.1) is 0 Å². The summed E-state index contributed by atoms with van der Waals surface area (Å²) in [6.07, 6.45) is 11.9. The Labute approximate surface area is 81.5 Å². The van der Waals surface area contributed by atoms with Gasteiger partial charge < -0.3 is 0 Å². The zero-order valence-corrected chi connectivity index (χ0v) is 8.85. The van der Waals surface area contributed by atoms with Crippen LogP contribution in [0.2, 0.25) is 0 Å². The largest absolute Gasteiger partial charge is 0.151 e. The molecule has 12 heavy (non-hydrogen) atoms. The first-order valence-electron chi connectivity index (χ1n) is 4.51. The average molecular weight is 182 g/mol. The third kappa shape index (κ3) is 6.29. The first kappa shape index (κ1) is 11.6. The van der Waals surface area contributed by atoms with Crippen LogP contribution in [0, 0.1) is 0 Å². The molecule has 0 aromatic carbocycles. The van der Waals surface area contributed by atoms with Crippen molar-refractivity contribution < 1.29 is 0 Å². The molecule has 0 aromatic heterocycles. The van der Waals surface area contributed by atoms with Gasteiger partial charge in [0.05, 0.1) is 0 Å². The van der Waals surface area contributed by atoms with Gasteiger partial charge in [0.2, 0.25) is 0 Å². The quantitative estimate of drug-likeness (QED) is 0.480. The molecule has 0 nitrogen and oxygen atoms in total. The van der Waals surface area contributed by atoms with Gasteiger partial charge in [0.1, 0.15) is 0 Å². The van der Waals surface area contributed by atoms with E-state index in [2.05, 4.69) is 38.6 Å². The monoisotopic (exact) mass is 182 g/mol. The summed E-state index contributed by atoms with van der Waals surface area (Å²) in [5.41, 5.74) is 1.42. The third-order valence-corrected chi connectivity index (χ3v) is 1.68. The summed E-state index contributed by atoms with van der Waals surface area (Å²) in [4.78, 5) is 0. The van der Waals surface area contributed by atoms with Gasteiger partial charge in [0.15, 0.2) is 0 Å². The van der Waals surface area contributed by atoms with Crippen molar-refractivity contribution in [1.82, 2.24) is 0 Å². The van der Waals surface area contributed by atoms with Gasteiger partial charge in [0.25, 0.3) is 0 Å². The molecule has 0 unspecified atom stereocenters. The van der Waals surface area contributed by atoms with E-state index >= 15 is 0 Å². The molecule has 68 valence electrons. The molecule has 0 heterocycles. The van der Waals surface area contributed by atoms with Gasteiger partial charge in [-0.2, -0.15) is 12.6 Å². The van der Waals surface area contributed by atoms with Gasteiger partial charge in [-0.05, 0) is 18.2 Å². The van der Waals surface area contributed by atoms with Crippen LogP contribution in [-0.4, -0.2) is 0 Å². The van der Waals surface area contributed by atoms with E-state index < -0.39 is 0 Å². The average Bonchev–Trinajstić information content (AvgIpc) is 2.06. The van der Waals surface area contributed by atoms with Crippen LogP contribution in [0.3, 0.4) is 0 Å². The van der Waals surface area contributed by atoms with E-state index in [1.165, 1.54) is 18.4 Å². The minimum Gasteiger partial charge on any atom is -0.151 e. The second-order valence-corrected chi connectivity index (χ2v) is 2.94. The lowest BCUT2D eigenvalue weighted by Crippen LogP contribution is -1.76. The summed E-state index contributed by atoms with van der Waals surface area (Å²) in [6, 6.07) is 0. The molecule has 0 spiro atoms. The number of thiol groups is 1. The summed E-state index contributed by atoms with van der Waals surface area (Å²) >= 11 is 3.98. The second-order valence-electron chi connectivity index (χ2n) is 2.64. The maximum atomic E-state index is 3.98. The van der Waals surface area contributed by atoms with E-state index in [4.69, 9.17) is 0 Å². The minimum absolute atomic E-state index is 1.12. The normalized spacial score (nSPS) is 13.4. The van der Waals surface area contributed by atoms with Crippen LogP contribution >= 0.6 is 12.6 Å². The van der Waals surface area contributed by atoms with E-state index in [0.717, 1.165) is 6.42 Å². The highest BCUT2D eigenvalue weighted by atomic mass is 32.1. The summed E-state index contributed by atoms with van der Waals surface area (Å²) in [5, 5.41) is 1.74. The van der Waals surface area contributed by atoms with E-state index in [0.29, 0.717) is 0 Å². The Morgan fingerprint density at radius 3 is 2.50 bits per heavy atom. The molecule has 0 aliphatic carbocycles. The Hall–Kier alpha value is -0.430. The van der Waals surface area contributed by atoms with Crippen molar-refractivity contribution in [1.29, 1.82) is 0 Å². The number of allylic oxidation sites excluding steroid dienone is 5. The van der Waals surface area contributed by atoms with Gasteiger partial charge >= 0.3 is 0 Å². The van der Waals surface area contributed by atoms with Gasteiger partial charge in [-0.25, -0.2) is 0 Å². The lowest BCUT2D eigenvalue weighted by atomic mass is 10.1. The molecule has 0 saturated carbocycles. The van der Waals surface area contributed by atoms with E-state index in [1.54, 1.807) is 5.41 Å². The fourth-order valence-electron chi connectivity index (χ4n) is 1.03. The van der Waals surface area contributed by atoms with Crippen molar-refractivity contribution in [2.45, 2.75) is 33.1 Å². The lowest BCUT2D eigenvalue weighted by molar-refractivity contribution is 0.918. The van der Waals surface area contributed by atoms with Crippen molar-refractivity contribution in [2.75, 3.05) is 0 Å². The molecule has 0 bridgehead atoms. The van der Waals surface area contributed by atoms with Crippen LogP contribution in [0.15, 0.2) is 35.3 Å². The predicted octanol–water partition coefficient (Wildman–Crippen LogP) is 4.12. The topological polar surface area (TPSA) is 0 Å². The zero-order chi connectivity index (χ0) is 9.23. The van der Waals surface area contributed by atoms with Crippen molar-refractivity contribution in [3.05, 3.63) is 35.3 Å². The molecule has 0 rings (SSSR count). The minimum atomic E-state index is 1.12. The van der Waals surface area contributed by atoms with Gasteiger partial charge in [-0.1, -0.05) is 50.1 Å². The molecule has 0 fully saturated rings. The molecule has 0 N–H and O–H groups in total. The fraction of sp³-hybridized carbons (Fsp3) is 0.455.